The highest BCUT2D eigenvalue weighted by atomic mass is 32.2. The van der Waals surface area contributed by atoms with Crippen LogP contribution in [-0.2, 0) is 11.2 Å². The lowest BCUT2D eigenvalue weighted by Crippen LogP contribution is -2.15. The Kier molecular flexibility index (Phi) is 5.45. The minimum atomic E-state index is -0.332. The van der Waals surface area contributed by atoms with E-state index in [0.717, 1.165) is 29.4 Å². The highest BCUT2D eigenvalue weighted by Crippen LogP contribution is 2.23. The predicted octanol–water partition coefficient (Wildman–Crippen LogP) is 4.17. The van der Waals surface area contributed by atoms with Gasteiger partial charge < -0.3 is 9.73 Å². The Morgan fingerprint density at radius 3 is 2.68 bits per heavy atom. The number of amides is 1. The lowest BCUT2D eigenvalue weighted by atomic mass is 10.1. The van der Waals surface area contributed by atoms with Gasteiger partial charge in [0.25, 0.3) is 5.22 Å². The average Bonchev–Trinajstić information content (AvgIpc) is 3.10. The maximum atomic E-state index is 12.9. The monoisotopic (exact) mass is 357 g/mol. The Balaban J connectivity index is 1.58. The van der Waals surface area contributed by atoms with E-state index in [1.165, 1.54) is 12.1 Å². The van der Waals surface area contributed by atoms with E-state index in [2.05, 4.69) is 15.5 Å². The summed E-state index contributed by atoms with van der Waals surface area (Å²) in [6, 6.07) is 13.5. The van der Waals surface area contributed by atoms with Crippen molar-refractivity contribution in [3.63, 3.8) is 0 Å². The summed E-state index contributed by atoms with van der Waals surface area (Å²) < 4.78 is 18.4. The van der Waals surface area contributed by atoms with Crippen LogP contribution in [0.1, 0.15) is 12.5 Å². The molecule has 0 fully saturated rings. The Hall–Kier alpha value is -2.67. The van der Waals surface area contributed by atoms with Crippen molar-refractivity contribution in [2.45, 2.75) is 18.6 Å². The third kappa shape index (κ3) is 4.45. The smallest absolute Gasteiger partial charge is 0.277 e. The molecule has 2 aromatic carbocycles. The molecule has 7 heteroatoms. The van der Waals surface area contributed by atoms with Crippen LogP contribution in [0.4, 0.5) is 10.1 Å². The number of anilines is 1. The van der Waals surface area contributed by atoms with Crippen LogP contribution in [0.25, 0.3) is 11.5 Å². The zero-order valence-electron chi connectivity index (χ0n) is 13.5. The number of para-hydroxylation sites is 1. The molecule has 0 radical (unpaired) electrons. The van der Waals surface area contributed by atoms with E-state index in [1.807, 2.05) is 31.2 Å². The molecular formula is C18H16FN3O2S. The lowest BCUT2D eigenvalue weighted by molar-refractivity contribution is -0.113. The largest absolute Gasteiger partial charge is 0.411 e. The molecule has 0 aliphatic rings. The van der Waals surface area contributed by atoms with E-state index in [4.69, 9.17) is 4.42 Å². The van der Waals surface area contributed by atoms with Crippen molar-refractivity contribution < 1.29 is 13.6 Å². The van der Waals surface area contributed by atoms with E-state index < -0.39 is 0 Å². The fourth-order valence-electron chi connectivity index (χ4n) is 2.24. The highest BCUT2D eigenvalue weighted by Gasteiger charge is 2.12. The quantitative estimate of drug-likeness (QED) is 0.671. The van der Waals surface area contributed by atoms with Gasteiger partial charge in [-0.3, -0.25) is 4.79 Å². The van der Waals surface area contributed by atoms with Gasteiger partial charge in [0, 0.05) is 11.3 Å². The van der Waals surface area contributed by atoms with Gasteiger partial charge in [-0.05, 0) is 42.3 Å². The molecule has 0 aliphatic heterocycles. The first-order valence-electron chi connectivity index (χ1n) is 7.75. The number of carbonyl (C=O) groups is 1. The second-order valence-electron chi connectivity index (χ2n) is 5.23. The van der Waals surface area contributed by atoms with E-state index >= 15 is 0 Å². The van der Waals surface area contributed by atoms with Crippen molar-refractivity contribution in [3.8, 4) is 11.5 Å². The molecule has 0 bridgehead atoms. The number of benzene rings is 2. The maximum absolute atomic E-state index is 12.9. The van der Waals surface area contributed by atoms with Crippen molar-refractivity contribution in [2.24, 2.45) is 0 Å². The fraction of sp³-hybridized carbons (Fsp3) is 0.167. The normalized spacial score (nSPS) is 10.6. The van der Waals surface area contributed by atoms with Crippen LogP contribution in [0, 0.1) is 5.82 Å². The lowest BCUT2D eigenvalue weighted by Gasteiger charge is -2.08. The van der Waals surface area contributed by atoms with Crippen LogP contribution in [-0.4, -0.2) is 21.9 Å². The molecule has 1 N–H and O–H groups in total. The number of nitrogens with zero attached hydrogens (tertiary/aromatic N) is 2. The number of carbonyl (C=O) groups excluding carboxylic acids is 1. The Bertz CT molecular complexity index is 865. The molecule has 0 saturated carbocycles. The second kappa shape index (κ2) is 7.94. The van der Waals surface area contributed by atoms with Crippen molar-refractivity contribution >= 4 is 23.4 Å². The average molecular weight is 357 g/mol. The van der Waals surface area contributed by atoms with Gasteiger partial charge >= 0.3 is 0 Å². The summed E-state index contributed by atoms with van der Waals surface area (Å²) in [4.78, 5) is 12.1. The summed E-state index contributed by atoms with van der Waals surface area (Å²) in [7, 11) is 0. The molecule has 0 saturated heterocycles. The number of nitrogens with one attached hydrogen (secondary N) is 1. The van der Waals surface area contributed by atoms with E-state index in [9.17, 15) is 9.18 Å². The summed E-state index contributed by atoms with van der Waals surface area (Å²) in [6.45, 7) is 2.04. The topological polar surface area (TPSA) is 68.0 Å². The number of halogens is 1. The molecule has 1 amide bonds. The van der Waals surface area contributed by atoms with Crippen LogP contribution >= 0.6 is 11.8 Å². The SMILES string of the molecule is CCc1ccccc1NC(=O)CSc1nnc(-c2ccc(F)cc2)o1. The van der Waals surface area contributed by atoms with Gasteiger partial charge in [0.05, 0.1) is 5.75 Å². The first-order chi connectivity index (χ1) is 12.2. The number of hydrogen-bond donors (Lipinski definition) is 1. The molecule has 0 atom stereocenters. The zero-order chi connectivity index (χ0) is 17.6. The van der Waals surface area contributed by atoms with Crippen molar-refractivity contribution in [1.29, 1.82) is 0 Å². The summed E-state index contributed by atoms with van der Waals surface area (Å²) >= 11 is 1.15. The Labute approximate surface area is 148 Å². The third-order valence-electron chi connectivity index (χ3n) is 3.50. The molecule has 5 nitrogen and oxygen atoms in total. The van der Waals surface area contributed by atoms with Gasteiger partial charge in [-0.1, -0.05) is 36.9 Å². The van der Waals surface area contributed by atoms with E-state index in [0.29, 0.717) is 16.7 Å². The van der Waals surface area contributed by atoms with Gasteiger partial charge in [0.1, 0.15) is 5.82 Å². The first-order valence-corrected chi connectivity index (χ1v) is 8.74. The standard InChI is InChI=1S/C18H16FN3O2S/c1-2-12-5-3-4-6-15(12)20-16(23)11-25-18-22-21-17(24-18)13-7-9-14(19)10-8-13/h3-10H,2,11H2,1H3,(H,20,23). The maximum Gasteiger partial charge on any atom is 0.277 e. The molecule has 25 heavy (non-hydrogen) atoms. The molecule has 0 spiro atoms. The summed E-state index contributed by atoms with van der Waals surface area (Å²) in [5.41, 5.74) is 2.52. The van der Waals surface area contributed by atoms with Gasteiger partial charge in [0.2, 0.25) is 11.8 Å². The predicted molar refractivity (Wildman–Crippen MR) is 94.9 cm³/mol. The van der Waals surface area contributed by atoms with Gasteiger partial charge in [-0.25, -0.2) is 4.39 Å². The minimum Gasteiger partial charge on any atom is -0.411 e. The number of thioether (sulfide) groups is 1. The fourth-order valence-corrected chi connectivity index (χ4v) is 2.80. The number of rotatable bonds is 6. The van der Waals surface area contributed by atoms with Crippen LogP contribution in [0.3, 0.4) is 0 Å². The van der Waals surface area contributed by atoms with Crippen LogP contribution in [0.2, 0.25) is 0 Å². The second-order valence-corrected chi connectivity index (χ2v) is 6.15. The van der Waals surface area contributed by atoms with E-state index in [1.54, 1.807) is 12.1 Å². The first kappa shape index (κ1) is 17.2. The van der Waals surface area contributed by atoms with Crippen LogP contribution < -0.4 is 5.32 Å². The van der Waals surface area contributed by atoms with Gasteiger partial charge in [0.15, 0.2) is 0 Å². The summed E-state index contributed by atoms with van der Waals surface area (Å²) in [5.74, 6) is -0.0307. The summed E-state index contributed by atoms with van der Waals surface area (Å²) in [5, 5.41) is 11.0. The third-order valence-corrected chi connectivity index (χ3v) is 4.32. The van der Waals surface area contributed by atoms with Crippen LogP contribution in [0.5, 0.6) is 0 Å². The molecular weight excluding hydrogens is 341 g/mol. The molecule has 1 aromatic heterocycles. The molecule has 1 heterocycles. The van der Waals surface area contributed by atoms with Crippen molar-refractivity contribution in [1.82, 2.24) is 10.2 Å². The molecule has 3 rings (SSSR count). The highest BCUT2D eigenvalue weighted by molar-refractivity contribution is 7.99. The molecule has 0 aliphatic carbocycles. The minimum absolute atomic E-state index is 0.146. The van der Waals surface area contributed by atoms with Gasteiger partial charge in [-0.15, -0.1) is 10.2 Å². The number of aryl methyl sites for hydroxylation is 1. The van der Waals surface area contributed by atoms with Crippen LogP contribution in [0.15, 0.2) is 58.2 Å². The summed E-state index contributed by atoms with van der Waals surface area (Å²) in [6.07, 6.45) is 0.842. The molecule has 0 unspecified atom stereocenters. The number of aromatic nitrogens is 2. The Morgan fingerprint density at radius 2 is 1.92 bits per heavy atom. The van der Waals surface area contributed by atoms with Crippen molar-refractivity contribution in [2.75, 3.05) is 11.1 Å². The van der Waals surface area contributed by atoms with Gasteiger partial charge in [-0.2, -0.15) is 0 Å². The van der Waals surface area contributed by atoms with E-state index in [-0.39, 0.29) is 17.5 Å². The zero-order valence-corrected chi connectivity index (χ0v) is 14.3. The van der Waals surface area contributed by atoms with Crippen molar-refractivity contribution in [3.05, 3.63) is 59.9 Å². The molecule has 3 aromatic rings. The Morgan fingerprint density at radius 1 is 1.16 bits per heavy atom. The number of hydrogen-bond acceptors (Lipinski definition) is 5. The molecule has 128 valence electrons.